The summed E-state index contributed by atoms with van der Waals surface area (Å²) >= 11 is 0. The van der Waals surface area contributed by atoms with Gasteiger partial charge in [-0.15, -0.1) is 10.2 Å². The molecule has 0 bridgehead atoms. The predicted molar refractivity (Wildman–Crippen MR) is 131 cm³/mol. The van der Waals surface area contributed by atoms with Crippen LogP contribution >= 0.6 is 0 Å². The Labute approximate surface area is 196 Å². The van der Waals surface area contributed by atoms with E-state index in [1.807, 2.05) is 48.5 Å². The molecular formula is C26H24N6O2. The van der Waals surface area contributed by atoms with Crippen LogP contribution < -0.4 is 4.43 Å². The normalized spacial score (nSPS) is 11.2. The van der Waals surface area contributed by atoms with Gasteiger partial charge in [0.2, 0.25) is 5.82 Å². The summed E-state index contributed by atoms with van der Waals surface area (Å²) in [6, 6.07) is 22.9. The number of tetrazole rings is 1. The lowest BCUT2D eigenvalue weighted by atomic mass is 9.97. The highest BCUT2D eigenvalue weighted by atomic mass is 16.5. The summed E-state index contributed by atoms with van der Waals surface area (Å²) in [4.78, 5) is 13.1. The molecule has 0 amide bonds. The third kappa shape index (κ3) is 3.94. The van der Waals surface area contributed by atoms with Gasteiger partial charge in [-0.2, -0.15) is 5.21 Å². The summed E-state index contributed by atoms with van der Waals surface area (Å²) in [5.41, 5.74) is 5.66. The van der Waals surface area contributed by atoms with Crippen molar-refractivity contribution in [2.24, 2.45) is 0 Å². The van der Waals surface area contributed by atoms with Crippen LogP contribution in [0.4, 0.5) is 0 Å². The summed E-state index contributed by atoms with van der Waals surface area (Å²) in [6.07, 6.45) is 2.74. The van der Waals surface area contributed by atoms with Gasteiger partial charge in [0.1, 0.15) is 5.52 Å². The average Bonchev–Trinajstić information content (AvgIpc) is 3.42. The van der Waals surface area contributed by atoms with Crippen molar-refractivity contribution >= 4 is 11.0 Å². The van der Waals surface area contributed by atoms with Crippen LogP contribution in [0.15, 0.2) is 72.8 Å². The smallest absolute Gasteiger partial charge is 0.286 e. The minimum Gasteiger partial charge on any atom is -0.805 e. The molecule has 5 aromatic rings. The maximum Gasteiger partial charge on any atom is 0.286 e. The van der Waals surface area contributed by atoms with E-state index in [4.69, 9.17) is 0 Å². The lowest BCUT2D eigenvalue weighted by Gasteiger charge is -2.19. The number of hydrogen-bond donors (Lipinski definition) is 1. The zero-order valence-corrected chi connectivity index (χ0v) is 18.8. The summed E-state index contributed by atoms with van der Waals surface area (Å²) < 4.78 is 1.86. The van der Waals surface area contributed by atoms with E-state index in [-0.39, 0.29) is 0 Å². The van der Waals surface area contributed by atoms with Gasteiger partial charge in [-0.1, -0.05) is 74.0 Å². The van der Waals surface area contributed by atoms with Crippen molar-refractivity contribution in [3.05, 3.63) is 99.9 Å². The molecule has 0 fully saturated rings. The molecule has 0 aliphatic rings. The number of para-hydroxylation sites is 2. The molecule has 0 aliphatic heterocycles. The zero-order chi connectivity index (χ0) is 23.5. The van der Waals surface area contributed by atoms with E-state index in [0.29, 0.717) is 41.1 Å². The average molecular weight is 453 g/mol. The fraction of sp³-hybridized carbons (Fsp3) is 0.192. The van der Waals surface area contributed by atoms with E-state index < -0.39 is 0 Å². The monoisotopic (exact) mass is 452 g/mol. The number of aromatic amines is 1. The molecule has 0 spiro atoms. The number of H-pyrrole nitrogens is 1. The Morgan fingerprint density at radius 3 is 2.44 bits per heavy atom. The molecule has 3 aromatic carbocycles. The molecule has 2 heterocycles. The number of fused-ring (bicyclic) bond motifs is 1. The van der Waals surface area contributed by atoms with E-state index in [0.717, 1.165) is 44.3 Å². The van der Waals surface area contributed by atoms with Crippen molar-refractivity contribution in [1.82, 2.24) is 25.4 Å². The van der Waals surface area contributed by atoms with Gasteiger partial charge in [0.05, 0.1) is 10.1 Å². The molecule has 0 unspecified atom stereocenters. The molecular weight excluding hydrogens is 428 g/mol. The Balaban J connectivity index is 1.53. The fourth-order valence-corrected chi connectivity index (χ4v) is 4.30. The second kappa shape index (κ2) is 9.27. The first-order chi connectivity index (χ1) is 16.7. The van der Waals surface area contributed by atoms with Crippen LogP contribution in [0, 0.1) is 10.1 Å². The highest BCUT2D eigenvalue weighted by molar-refractivity contribution is 5.80. The summed E-state index contributed by atoms with van der Waals surface area (Å²) in [5, 5.41) is 27.6. The summed E-state index contributed by atoms with van der Waals surface area (Å²) in [7, 11) is 0. The highest BCUT2D eigenvalue weighted by Gasteiger charge is 2.22. The van der Waals surface area contributed by atoms with Crippen LogP contribution in [-0.4, -0.2) is 25.4 Å². The topological polar surface area (TPSA) is 105 Å². The number of nitrogens with zero attached hydrogens (tertiary/aromatic N) is 5. The summed E-state index contributed by atoms with van der Waals surface area (Å²) in [6.45, 7) is 2.08. The van der Waals surface area contributed by atoms with Crippen LogP contribution in [0.25, 0.3) is 33.5 Å². The Hall–Kier alpha value is -4.33. The molecule has 0 saturated heterocycles. The number of rotatable bonds is 7. The van der Waals surface area contributed by atoms with Gasteiger partial charge in [-0.25, -0.2) is 0 Å². The van der Waals surface area contributed by atoms with E-state index in [1.165, 1.54) is 0 Å². The molecule has 0 radical (unpaired) electrons. The van der Waals surface area contributed by atoms with E-state index in [9.17, 15) is 10.1 Å². The molecule has 0 atom stereocenters. The quantitative estimate of drug-likeness (QED) is 0.361. The van der Waals surface area contributed by atoms with Crippen molar-refractivity contribution in [2.75, 3.05) is 0 Å². The first-order valence-electron chi connectivity index (χ1n) is 11.3. The number of benzene rings is 3. The van der Waals surface area contributed by atoms with Crippen molar-refractivity contribution in [2.45, 2.75) is 32.6 Å². The molecule has 8 nitrogen and oxygen atoms in total. The Bertz CT molecular complexity index is 1490. The standard InChI is InChI=1S/C26H24N6O2/c1-2-3-10-24-25(32(34)23-12-7-6-11-22(23)31(24)33)17-18-13-15-19(16-14-18)20-8-4-5-9-21(20)26-27-29-30-28-26/h4-9,11-16H,2-3,10,17H2,1H3,(H,27,28,29,30). The fourth-order valence-electron chi connectivity index (χ4n) is 4.30. The Morgan fingerprint density at radius 2 is 1.71 bits per heavy atom. The van der Waals surface area contributed by atoms with Gasteiger partial charge in [-0.3, -0.25) is 0 Å². The third-order valence-electron chi connectivity index (χ3n) is 6.06. The molecule has 0 aliphatic carbocycles. The molecule has 8 heteroatoms. The van der Waals surface area contributed by atoms with Crippen LogP contribution in [0.1, 0.15) is 36.7 Å². The third-order valence-corrected chi connectivity index (χ3v) is 6.06. The molecule has 5 rings (SSSR count). The maximum atomic E-state index is 13.3. The number of aromatic nitrogens is 6. The van der Waals surface area contributed by atoms with Crippen molar-refractivity contribution in [3.8, 4) is 22.5 Å². The number of nitrogens with one attached hydrogen (secondary N) is 1. The molecule has 1 N–H and O–H groups in total. The van der Waals surface area contributed by atoms with Gasteiger partial charge in [-0.05, 0) is 34.4 Å². The van der Waals surface area contributed by atoms with Gasteiger partial charge >= 0.3 is 0 Å². The lowest BCUT2D eigenvalue weighted by molar-refractivity contribution is -0.476. The van der Waals surface area contributed by atoms with E-state index in [1.54, 1.807) is 24.3 Å². The number of hydrogen-bond acceptors (Lipinski definition) is 5. The van der Waals surface area contributed by atoms with Crippen LogP contribution in [0.3, 0.4) is 0 Å². The Morgan fingerprint density at radius 1 is 0.971 bits per heavy atom. The van der Waals surface area contributed by atoms with Crippen molar-refractivity contribution in [1.29, 1.82) is 0 Å². The zero-order valence-electron chi connectivity index (χ0n) is 18.8. The number of unbranched alkanes of at least 4 members (excludes halogenated alkanes) is 1. The first-order valence-corrected chi connectivity index (χ1v) is 11.3. The minimum atomic E-state index is 0.377. The second-order valence-corrected chi connectivity index (χ2v) is 8.23. The van der Waals surface area contributed by atoms with Crippen molar-refractivity contribution in [3.63, 3.8) is 0 Å². The molecule has 0 saturated carbocycles. The lowest BCUT2D eigenvalue weighted by Crippen LogP contribution is -2.28. The molecule has 34 heavy (non-hydrogen) atoms. The molecule has 170 valence electrons. The van der Waals surface area contributed by atoms with Crippen LogP contribution in [0.2, 0.25) is 0 Å². The van der Waals surface area contributed by atoms with Gasteiger partial charge < -0.3 is 9.94 Å². The largest absolute Gasteiger partial charge is 0.805 e. The van der Waals surface area contributed by atoms with Crippen LogP contribution in [-0.2, 0) is 12.8 Å². The maximum absolute atomic E-state index is 13.3. The van der Waals surface area contributed by atoms with E-state index in [2.05, 4.69) is 27.5 Å². The second-order valence-electron chi connectivity index (χ2n) is 8.23. The van der Waals surface area contributed by atoms with Gasteiger partial charge in [0.15, 0.2) is 0 Å². The summed E-state index contributed by atoms with van der Waals surface area (Å²) in [5.74, 6) is 0.531. The van der Waals surface area contributed by atoms with Crippen LogP contribution in [0.5, 0.6) is 0 Å². The SMILES string of the molecule is CCCCc1c(Cc2ccc(-c3ccccc3-c3nn[nH]n3)cc2)n([O-])c2ccccc2[n+]1=O. The minimum absolute atomic E-state index is 0.377. The molecule has 2 aromatic heterocycles. The van der Waals surface area contributed by atoms with Gasteiger partial charge in [0.25, 0.3) is 11.2 Å². The highest BCUT2D eigenvalue weighted by Crippen LogP contribution is 2.30. The van der Waals surface area contributed by atoms with E-state index >= 15 is 0 Å². The Kier molecular flexibility index (Phi) is 5.86. The predicted octanol–water partition coefficient (Wildman–Crippen LogP) is 4.68. The first kappa shape index (κ1) is 21.5. The van der Waals surface area contributed by atoms with Gasteiger partial charge in [0, 0.05) is 29.4 Å². The van der Waals surface area contributed by atoms with Crippen molar-refractivity contribution < 1.29 is 4.43 Å².